The largest absolute Gasteiger partial charge is 0.476 e. The summed E-state index contributed by atoms with van der Waals surface area (Å²) in [4.78, 5) is 16.9. The number of para-hydroxylation sites is 1. The highest BCUT2D eigenvalue weighted by atomic mass is 19.1. The summed E-state index contributed by atoms with van der Waals surface area (Å²) in [6, 6.07) is 13.1. The first-order valence-corrected chi connectivity index (χ1v) is 7.98. The lowest BCUT2D eigenvalue weighted by Crippen LogP contribution is -2.23. The molecule has 0 fully saturated rings. The summed E-state index contributed by atoms with van der Waals surface area (Å²) in [6.45, 7) is 2.02. The number of carbonyl (C=O) groups excluding carboxylic acids is 1. The molecule has 1 aromatic carbocycles. The number of pyridine rings is 1. The molecule has 1 aliphatic rings. The molecule has 0 saturated heterocycles. The van der Waals surface area contributed by atoms with Crippen LogP contribution in [-0.4, -0.2) is 23.4 Å². The van der Waals surface area contributed by atoms with E-state index >= 15 is 0 Å². The first-order chi connectivity index (χ1) is 12.7. The molecule has 2 heterocycles. The van der Waals surface area contributed by atoms with Gasteiger partial charge >= 0.3 is 0 Å². The molecule has 1 aromatic heterocycles. The summed E-state index contributed by atoms with van der Waals surface area (Å²) in [5.74, 6) is -1.85. The van der Waals surface area contributed by atoms with Gasteiger partial charge in [0.15, 0.2) is 0 Å². The van der Waals surface area contributed by atoms with Gasteiger partial charge in [0, 0.05) is 6.20 Å². The maximum Gasteiger partial charge on any atom is 0.284 e. The third kappa shape index (κ3) is 3.30. The van der Waals surface area contributed by atoms with Gasteiger partial charge in [-0.1, -0.05) is 18.2 Å². The van der Waals surface area contributed by atoms with Crippen LogP contribution in [0.25, 0.3) is 0 Å². The summed E-state index contributed by atoms with van der Waals surface area (Å²) in [5, 5.41) is 14.5. The molecule has 1 atom stereocenters. The van der Waals surface area contributed by atoms with Crippen molar-refractivity contribution in [1.29, 1.82) is 5.26 Å². The lowest BCUT2D eigenvalue weighted by molar-refractivity contribution is -0.114. The van der Waals surface area contributed by atoms with Crippen LogP contribution in [0.2, 0.25) is 0 Å². The number of allylic oxidation sites excluding steroid dienone is 1. The van der Waals surface area contributed by atoms with E-state index in [0.29, 0.717) is 5.69 Å². The normalized spacial score (nSPS) is 16.3. The Kier molecular flexibility index (Phi) is 5.04. The lowest BCUT2D eigenvalue weighted by atomic mass is 10.0. The standard InChI is InChI=1S/C19H15FN4O2/c1-2-26-18-14(11-13(12-21)16-8-5-6-10-22-16)19(25)24(23-18)17-9-4-3-7-15(17)20/h3-11,13H,2H2,1H3. The fourth-order valence-electron chi connectivity index (χ4n) is 2.48. The van der Waals surface area contributed by atoms with Gasteiger partial charge in [0.05, 0.1) is 18.4 Å². The van der Waals surface area contributed by atoms with E-state index < -0.39 is 17.6 Å². The minimum atomic E-state index is -0.763. The smallest absolute Gasteiger partial charge is 0.284 e. The molecule has 0 spiro atoms. The third-order valence-electron chi connectivity index (χ3n) is 3.68. The number of amides is 1. The van der Waals surface area contributed by atoms with Crippen molar-refractivity contribution in [2.45, 2.75) is 12.8 Å². The number of hydrazone groups is 1. The van der Waals surface area contributed by atoms with Crippen LogP contribution in [0.15, 0.2) is 65.4 Å². The van der Waals surface area contributed by atoms with Crippen LogP contribution in [0.3, 0.4) is 0 Å². The molecule has 0 radical (unpaired) electrons. The van der Waals surface area contributed by atoms with Crippen LogP contribution in [0.1, 0.15) is 18.5 Å². The number of nitriles is 1. The van der Waals surface area contributed by atoms with Crippen LogP contribution in [0.5, 0.6) is 0 Å². The van der Waals surface area contributed by atoms with E-state index in [0.717, 1.165) is 5.01 Å². The number of ether oxygens (including phenoxy) is 1. The molecule has 1 aliphatic heterocycles. The molecule has 0 N–H and O–H groups in total. The van der Waals surface area contributed by atoms with Crippen LogP contribution < -0.4 is 5.01 Å². The SMILES string of the molecule is CCOC1=NN(c2ccccc2F)C(=O)C1=CC(C#N)c1ccccn1. The molecule has 6 nitrogen and oxygen atoms in total. The average Bonchev–Trinajstić information content (AvgIpc) is 2.96. The Bertz CT molecular complexity index is 919. The molecule has 0 aliphatic carbocycles. The second-order valence-electron chi connectivity index (χ2n) is 5.35. The van der Waals surface area contributed by atoms with Gasteiger partial charge < -0.3 is 4.74 Å². The molecule has 1 amide bonds. The topological polar surface area (TPSA) is 78.6 Å². The van der Waals surface area contributed by atoms with Crippen LogP contribution in [-0.2, 0) is 9.53 Å². The molecule has 0 saturated carbocycles. The first kappa shape index (κ1) is 17.3. The minimum absolute atomic E-state index is 0.0180. The number of aromatic nitrogens is 1. The number of rotatable bonds is 4. The molecule has 1 unspecified atom stereocenters. The Hall–Kier alpha value is -3.53. The van der Waals surface area contributed by atoms with Crippen molar-refractivity contribution >= 4 is 17.5 Å². The first-order valence-electron chi connectivity index (χ1n) is 7.98. The van der Waals surface area contributed by atoms with Gasteiger partial charge in [-0.05, 0) is 37.3 Å². The number of carbonyl (C=O) groups is 1. The van der Waals surface area contributed by atoms with Crippen molar-refractivity contribution in [2.24, 2.45) is 5.10 Å². The van der Waals surface area contributed by atoms with E-state index in [-0.39, 0.29) is 23.8 Å². The fraction of sp³-hybridized carbons (Fsp3) is 0.158. The number of hydrogen-bond donors (Lipinski definition) is 0. The van der Waals surface area contributed by atoms with E-state index in [1.807, 2.05) is 0 Å². The Labute approximate surface area is 149 Å². The zero-order valence-corrected chi connectivity index (χ0v) is 14.0. The summed E-state index contributed by atoms with van der Waals surface area (Å²) in [6.07, 6.45) is 3.01. The molecular formula is C19H15FN4O2. The van der Waals surface area contributed by atoms with Crippen molar-refractivity contribution in [3.8, 4) is 6.07 Å². The molecule has 0 bridgehead atoms. The minimum Gasteiger partial charge on any atom is -0.476 e. The molecule has 130 valence electrons. The fourth-order valence-corrected chi connectivity index (χ4v) is 2.48. The van der Waals surface area contributed by atoms with E-state index in [1.165, 1.54) is 24.3 Å². The molecule has 3 rings (SSSR count). The highest BCUT2D eigenvalue weighted by Crippen LogP contribution is 2.28. The van der Waals surface area contributed by atoms with Gasteiger partial charge in [0.25, 0.3) is 5.91 Å². The quantitative estimate of drug-likeness (QED) is 0.794. The number of anilines is 1. The summed E-state index contributed by atoms with van der Waals surface area (Å²) in [7, 11) is 0. The van der Waals surface area contributed by atoms with E-state index in [1.54, 1.807) is 37.4 Å². The summed E-state index contributed by atoms with van der Waals surface area (Å²) >= 11 is 0. The van der Waals surface area contributed by atoms with Crippen LogP contribution in [0.4, 0.5) is 10.1 Å². The van der Waals surface area contributed by atoms with Gasteiger partial charge in [-0.2, -0.15) is 10.3 Å². The molecular weight excluding hydrogens is 335 g/mol. The Morgan fingerprint density at radius 3 is 2.73 bits per heavy atom. The van der Waals surface area contributed by atoms with Gasteiger partial charge in [0.1, 0.15) is 23.0 Å². The van der Waals surface area contributed by atoms with Crippen molar-refractivity contribution in [3.05, 3.63) is 71.8 Å². The average molecular weight is 350 g/mol. The number of benzene rings is 1. The Morgan fingerprint density at radius 1 is 1.31 bits per heavy atom. The second-order valence-corrected chi connectivity index (χ2v) is 5.35. The van der Waals surface area contributed by atoms with Gasteiger partial charge in [-0.15, -0.1) is 5.10 Å². The van der Waals surface area contributed by atoms with Crippen LogP contribution >= 0.6 is 0 Å². The number of halogens is 1. The Balaban J connectivity index is 2.01. The predicted octanol–water partition coefficient (Wildman–Crippen LogP) is 3.15. The number of hydrogen-bond acceptors (Lipinski definition) is 5. The highest BCUT2D eigenvalue weighted by molar-refractivity contribution is 6.28. The van der Waals surface area contributed by atoms with E-state index in [9.17, 15) is 14.4 Å². The summed E-state index contributed by atoms with van der Waals surface area (Å²) < 4.78 is 19.5. The maximum atomic E-state index is 14.1. The third-order valence-corrected chi connectivity index (χ3v) is 3.68. The van der Waals surface area contributed by atoms with Gasteiger partial charge in [-0.25, -0.2) is 4.39 Å². The summed E-state index contributed by atoms with van der Waals surface area (Å²) in [5.41, 5.74) is 0.618. The molecule has 26 heavy (non-hydrogen) atoms. The van der Waals surface area contributed by atoms with Crippen molar-refractivity contribution in [3.63, 3.8) is 0 Å². The zero-order valence-electron chi connectivity index (χ0n) is 14.0. The van der Waals surface area contributed by atoms with Gasteiger partial charge in [0.2, 0.25) is 5.90 Å². The lowest BCUT2D eigenvalue weighted by Gasteiger charge is -2.11. The van der Waals surface area contributed by atoms with Crippen molar-refractivity contribution in [2.75, 3.05) is 11.6 Å². The highest BCUT2D eigenvalue weighted by Gasteiger charge is 2.34. The van der Waals surface area contributed by atoms with Crippen LogP contribution in [0, 0.1) is 17.1 Å². The monoisotopic (exact) mass is 350 g/mol. The van der Waals surface area contributed by atoms with Gasteiger partial charge in [-0.3, -0.25) is 9.78 Å². The van der Waals surface area contributed by atoms with E-state index in [4.69, 9.17) is 4.74 Å². The van der Waals surface area contributed by atoms with E-state index in [2.05, 4.69) is 16.2 Å². The molecule has 7 heteroatoms. The Morgan fingerprint density at radius 2 is 2.08 bits per heavy atom. The van der Waals surface area contributed by atoms with Crippen molar-refractivity contribution < 1.29 is 13.9 Å². The van der Waals surface area contributed by atoms with Crippen molar-refractivity contribution in [1.82, 2.24) is 4.98 Å². The maximum absolute atomic E-state index is 14.1. The zero-order chi connectivity index (χ0) is 18.5. The predicted molar refractivity (Wildman–Crippen MR) is 93.6 cm³/mol. The number of nitrogens with zero attached hydrogens (tertiary/aromatic N) is 4. The second kappa shape index (κ2) is 7.57. The molecule has 2 aromatic rings.